The summed E-state index contributed by atoms with van der Waals surface area (Å²) in [5.74, 6) is -1.01. The van der Waals surface area contributed by atoms with E-state index in [2.05, 4.69) is 4.98 Å². The number of fused-ring (bicyclic) bond motifs is 1. The summed E-state index contributed by atoms with van der Waals surface area (Å²) in [7, 11) is 0. The second kappa shape index (κ2) is 4.38. The van der Waals surface area contributed by atoms with Gasteiger partial charge in [-0.25, -0.2) is 0 Å². The molecule has 1 heterocycles. The number of aromatic nitrogens is 1. The van der Waals surface area contributed by atoms with Crippen molar-refractivity contribution in [1.29, 1.82) is 0 Å². The van der Waals surface area contributed by atoms with E-state index in [4.69, 9.17) is 10.8 Å². The number of carboxylic acid groups (broad SMARTS) is 1. The first-order valence-corrected chi connectivity index (χ1v) is 5.76. The molecule has 4 heteroatoms. The van der Waals surface area contributed by atoms with Crippen LogP contribution in [0, 0.1) is 0 Å². The van der Waals surface area contributed by atoms with Crippen LogP contribution in [-0.4, -0.2) is 22.1 Å². The highest BCUT2D eigenvalue weighted by atomic mass is 16.4. The van der Waals surface area contributed by atoms with Crippen molar-refractivity contribution in [3.05, 3.63) is 42.1 Å². The number of pyridine rings is 1. The average molecular weight is 244 g/mol. The molecule has 2 rings (SSSR count). The maximum atomic E-state index is 11.0. The summed E-state index contributed by atoms with van der Waals surface area (Å²) in [6, 6.07) is 8.71. The minimum absolute atomic E-state index is 0.664. The van der Waals surface area contributed by atoms with Crippen LogP contribution in [0.2, 0.25) is 0 Å². The zero-order valence-electron chi connectivity index (χ0n) is 10.4. The summed E-state index contributed by atoms with van der Waals surface area (Å²) in [4.78, 5) is 15.4. The Labute approximate surface area is 105 Å². The van der Waals surface area contributed by atoms with Crippen molar-refractivity contribution < 1.29 is 9.90 Å². The molecule has 2 aromatic rings. The van der Waals surface area contributed by atoms with Gasteiger partial charge in [0.15, 0.2) is 0 Å². The number of benzene rings is 1. The molecule has 1 aromatic heterocycles. The van der Waals surface area contributed by atoms with E-state index in [1.54, 1.807) is 6.20 Å². The Hall–Kier alpha value is -1.94. The lowest BCUT2D eigenvalue weighted by atomic mass is 9.78. The Balaban J connectivity index is 2.50. The predicted molar refractivity (Wildman–Crippen MR) is 70.4 cm³/mol. The van der Waals surface area contributed by atoms with E-state index in [0.29, 0.717) is 0 Å². The molecule has 0 bridgehead atoms. The number of aliphatic carboxylic acids is 1. The van der Waals surface area contributed by atoms with E-state index in [-0.39, 0.29) is 0 Å². The van der Waals surface area contributed by atoms with Crippen LogP contribution in [0.3, 0.4) is 0 Å². The van der Waals surface area contributed by atoms with Gasteiger partial charge in [0, 0.05) is 17.0 Å². The van der Waals surface area contributed by atoms with E-state index in [0.717, 1.165) is 16.5 Å². The molecule has 4 nitrogen and oxygen atoms in total. The highest BCUT2D eigenvalue weighted by Crippen LogP contribution is 2.28. The number of hydrogen-bond acceptors (Lipinski definition) is 3. The van der Waals surface area contributed by atoms with E-state index in [1.165, 1.54) is 0 Å². The first-order chi connectivity index (χ1) is 8.43. The monoisotopic (exact) mass is 244 g/mol. The molecule has 1 unspecified atom stereocenters. The molecule has 3 N–H and O–H groups in total. The van der Waals surface area contributed by atoms with E-state index in [9.17, 15) is 4.79 Å². The van der Waals surface area contributed by atoms with Crippen LogP contribution in [0.5, 0.6) is 0 Å². The molecule has 1 atom stereocenters. The zero-order chi connectivity index (χ0) is 13.3. The molecule has 0 fully saturated rings. The average Bonchev–Trinajstić information content (AvgIpc) is 2.37. The van der Waals surface area contributed by atoms with E-state index in [1.807, 2.05) is 44.2 Å². The van der Waals surface area contributed by atoms with Crippen LogP contribution in [0.1, 0.15) is 19.4 Å². The number of nitrogens with zero attached hydrogens (tertiary/aromatic N) is 1. The van der Waals surface area contributed by atoms with Crippen molar-refractivity contribution in [3.8, 4) is 0 Å². The van der Waals surface area contributed by atoms with Gasteiger partial charge in [0.1, 0.15) is 6.04 Å². The highest BCUT2D eigenvalue weighted by Gasteiger charge is 2.34. The number of hydrogen-bond donors (Lipinski definition) is 2. The van der Waals surface area contributed by atoms with Crippen LogP contribution in [0.4, 0.5) is 0 Å². The van der Waals surface area contributed by atoms with Gasteiger partial charge in [0.2, 0.25) is 0 Å². The second-order valence-electron chi connectivity index (χ2n) is 4.95. The Morgan fingerprint density at radius 2 is 2.06 bits per heavy atom. The molecule has 18 heavy (non-hydrogen) atoms. The Kier molecular flexibility index (Phi) is 3.05. The maximum Gasteiger partial charge on any atom is 0.321 e. The summed E-state index contributed by atoms with van der Waals surface area (Å²) >= 11 is 0. The van der Waals surface area contributed by atoms with Gasteiger partial charge in [-0.2, -0.15) is 0 Å². The van der Waals surface area contributed by atoms with E-state index < -0.39 is 17.4 Å². The van der Waals surface area contributed by atoms with Crippen molar-refractivity contribution in [2.75, 3.05) is 0 Å². The molecule has 1 aromatic carbocycles. The quantitative estimate of drug-likeness (QED) is 0.864. The van der Waals surface area contributed by atoms with Gasteiger partial charge in [-0.1, -0.05) is 32.0 Å². The molecule has 0 saturated carbocycles. The molecule has 0 amide bonds. The van der Waals surface area contributed by atoms with Crippen molar-refractivity contribution >= 4 is 16.9 Å². The third kappa shape index (κ3) is 2.07. The molecular formula is C14H16N2O2. The van der Waals surface area contributed by atoms with Crippen molar-refractivity contribution in [2.24, 2.45) is 5.73 Å². The zero-order valence-corrected chi connectivity index (χ0v) is 10.4. The Morgan fingerprint density at radius 3 is 2.72 bits per heavy atom. The maximum absolute atomic E-state index is 11.0. The topological polar surface area (TPSA) is 76.2 Å². The Morgan fingerprint density at radius 1 is 1.39 bits per heavy atom. The van der Waals surface area contributed by atoms with Gasteiger partial charge < -0.3 is 10.8 Å². The summed E-state index contributed by atoms with van der Waals surface area (Å²) in [5.41, 5.74) is 6.80. The number of rotatable bonds is 3. The lowest BCUT2D eigenvalue weighted by molar-refractivity contribution is -0.140. The normalized spacial score (nSPS) is 13.5. The second-order valence-corrected chi connectivity index (χ2v) is 4.95. The summed E-state index contributed by atoms with van der Waals surface area (Å²) < 4.78 is 0. The van der Waals surface area contributed by atoms with Gasteiger partial charge in [0.05, 0.1) is 5.52 Å². The third-order valence-corrected chi connectivity index (χ3v) is 3.38. The fourth-order valence-corrected chi connectivity index (χ4v) is 1.91. The fourth-order valence-electron chi connectivity index (χ4n) is 1.91. The summed E-state index contributed by atoms with van der Waals surface area (Å²) in [6.45, 7) is 3.63. The molecule has 0 aliphatic rings. The minimum atomic E-state index is -1.01. The molecule has 0 aliphatic carbocycles. The third-order valence-electron chi connectivity index (χ3n) is 3.38. The number of para-hydroxylation sites is 1. The van der Waals surface area contributed by atoms with Crippen molar-refractivity contribution in [2.45, 2.75) is 25.3 Å². The fraction of sp³-hybridized carbons (Fsp3) is 0.286. The first kappa shape index (κ1) is 12.5. The van der Waals surface area contributed by atoms with Crippen LogP contribution >= 0.6 is 0 Å². The van der Waals surface area contributed by atoms with Gasteiger partial charge in [-0.05, 0) is 17.7 Å². The lowest BCUT2D eigenvalue weighted by Crippen LogP contribution is -2.46. The van der Waals surface area contributed by atoms with Gasteiger partial charge in [0.25, 0.3) is 0 Å². The van der Waals surface area contributed by atoms with E-state index >= 15 is 0 Å². The SMILES string of the molecule is CC(C)(c1cnc2ccccc2c1)C(N)C(=O)O. The smallest absolute Gasteiger partial charge is 0.321 e. The number of carboxylic acids is 1. The predicted octanol–water partition coefficient (Wildman–Crippen LogP) is 1.92. The summed E-state index contributed by atoms with van der Waals surface area (Å²) in [5, 5.41) is 10.0. The highest BCUT2D eigenvalue weighted by molar-refractivity contribution is 5.80. The van der Waals surface area contributed by atoms with Crippen LogP contribution < -0.4 is 5.73 Å². The molecule has 0 aliphatic heterocycles. The van der Waals surface area contributed by atoms with Crippen LogP contribution in [0.15, 0.2) is 36.5 Å². The van der Waals surface area contributed by atoms with Crippen LogP contribution in [0.25, 0.3) is 10.9 Å². The molecular weight excluding hydrogens is 228 g/mol. The molecule has 0 radical (unpaired) electrons. The van der Waals surface area contributed by atoms with Crippen molar-refractivity contribution in [3.63, 3.8) is 0 Å². The molecule has 0 spiro atoms. The minimum Gasteiger partial charge on any atom is -0.480 e. The summed E-state index contributed by atoms with van der Waals surface area (Å²) in [6.07, 6.45) is 1.70. The van der Waals surface area contributed by atoms with Crippen molar-refractivity contribution in [1.82, 2.24) is 4.98 Å². The van der Waals surface area contributed by atoms with Gasteiger partial charge >= 0.3 is 5.97 Å². The first-order valence-electron chi connectivity index (χ1n) is 5.76. The number of carbonyl (C=O) groups is 1. The lowest BCUT2D eigenvalue weighted by Gasteiger charge is -2.29. The van der Waals surface area contributed by atoms with Crippen LogP contribution in [-0.2, 0) is 10.2 Å². The number of nitrogens with two attached hydrogens (primary N) is 1. The Bertz CT molecular complexity index is 593. The molecule has 94 valence electrons. The van der Waals surface area contributed by atoms with Gasteiger partial charge in [-0.3, -0.25) is 9.78 Å². The largest absolute Gasteiger partial charge is 0.480 e. The standard InChI is InChI=1S/C14H16N2O2/c1-14(2,12(15)13(17)18)10-7-9-5-3-4-6-11(9)16-8-10/h3-8,12H,15H2,1-2H3,(H,17,18). The van der Waals surface area contributed by atoms with Gasteiger partial charge in [-0.15, -0.1) is 0 Å². The molecule has 0 saturated heterocycles.